The molecule has 1 aliphatic rings. The van der Waals surface area contributed by atoms with Crippen molar-refractivity contribution in [3.8, 4) is 0 Å². The van der Waals surface area contributed by atoms with Gasteiger partial charge in [-0.1, -0.05) is 30.6 Å². The second kappa shape index (κ2) is 7.53. The molecule has 0 saturated carbocycles. The summed E-state index contributed by atoms with van der Waals surface area (Å²) < 4.78 is 26.7. The van der Waals surface area contributed by atoms with Crippen LogP contribution >= 0.6 is 0 Å². The van der Waals surface area contributed by atoms with E-state index >= 15 is 0 Å². The summed E-state index contributed by atoms with van der Waals surface area (Å²) in [6.07, 6.45) is 10.1. The first-order chi connectivity index (χ1) is 9.70. The van der Waals surface area contributed by atoms with Gasteiger partial charge in [-0.05, 0) is 50.8 Å². The summed E-state index contributed by atoms with van der Waals surface area (Å²) in [6.45, 7) is 0. The van der Waals surface area contributed by atoms with E-state index in [1.54, 1.807) is 6.07 Å². The maximum atomic E-state index is 13.8. The van der Waals surface area contributed by atoms with Gasteiger partial charge in [-0.3, -0.25) is 0 Å². The van der Waals surface area contributed by atoms with Gasteiger partial charge >= 0.3 is 0 Å². The van der Waals surface area contributed by atoms with Crippen molar-refractivity contribution >= 4 is 0 Å². The summed E-state index contributed by atoms with van der Waals surface area (Å²) in [7, 11) is 1.91. The van der Waals surface area contributed by atoms with E-state index < -0.39 is 11.6 Å². The minimum absolute atomic E-state index is 0.146. The van der Waals surface area contributed by atoms with Crippen LogP contribution in [-0.4, -0.2) is 13.1 Å². The fourth-order valence-corrected chi connectivity index (χ4v) is 2.86. The summed E-state index contributed by atoms with van der Waals surface area (Å²) in [5, 5.41) is 3.28. The predicted molar refractivity (Wildman–Crippen MR) is 78.7 cm³/mol. The molecular formula is C17H23F2N. The zero-order valence-corrected chi connectivity index (χ0v) is 12.1. The van der Waals surface area contributed by atoms with E-state index in [4.69, 9.17) is 0 Å². The first kappa shape index (κ1) is 15.2. The maximum Gasteiger partial charge on any atom is 0.129 e. The Morgan fingerprint density at radius 2 is 1.95 bits per heavy atom. The second-order valence-electron chi connectivity index (χ2n) is 5.51. The van der Waals surface area contributed by atoms with Crippen molar-refractivity contribution in [1.82, 2.24) is 5.32 Å². The number of nitrogens with one attached hydrogen (secondary N) is 1. The Labute approximate surface area is 120 Å². The average Bonchev–Trinajstić information content (AvgIpc) is 2.39. The zero-order chi connectivity index (χ0) is 14.4. The van der Waals surface area contributed by atoms with Crippen LogP contribution in [0.4, 0.5) is 8.78 Å². The van der Waals surface area contributed by atoms with Crippen molar-refractivity contribution in [2.24, 2.45) is 0 Å². The van der Waals surface area contributed by atoms with Crippen LogP contribution in [0.1, 0.15) is 44.1 Å². The van der Waals surface area contributed by atoms with Crippen LogP contribution in [0, 0.1) is 11.6 Å². The van der Waals surface area contributed by atoms with Gasteiger partial charge in [-0.2, -0.15) is 0 Å². The molecule has 0 aliphatic heterocycles. The van der Waals surface area contributed by atoms with E-state index in [9.17, 15) is 8.78 Å². The zero-order valence-electron chi connectivity index (χ0n) is 12.1. The van der Waals surface area contributed by atoms with Crippen molar-refractivity contribution in [2.75, 3.05) is 7.05 Å². The number of benzene rings is 1. The smallest absolute Gasteiger partial charge is 0.129 e. The fourth-order valence-electron chi connectivity index (χ4n) is 2.86. The molecule has 2 rings (SSSR count). The van der Waals surface area contributed by atoms with Crippen molar-refractivity contribution in [2.45, 2.75) is 51.0 Å². The van der Waals surface area contributed by atoms with Gasteiger partial charge in [0, 0.05) is 12.1 Å². The topological polar surface area (TPSA) is 12.0 Å². The molecule has 1 unspecified atom stereocenters. The first-order valence-corrected chi connectivity index (χ1v) is 7.51. The largest absolute Gasteiger partial charge is 0.313 e. The van der Waals surface area contributed by atoms with Crippen molar-refractivity contribution in [3.63, 3.8) is 0 Å². The summed E-state index contributed by atoms with van der Waals surface area (Å²) in [5.74, 6) is -0.964. The summed E-state index contributed by atoms with van der Waals surface area (Å²) >= 11 is 0. The van der Waals surface area contributed by atoms with Crippen molar-refractivity contribution < 1.29 is 8.78 Å². The first-order valence-electron chi connectivity index (χ1n) is 7.51. The maximum absolute atomic E-state index is 13.8. The van der Waals surface area contributed by atoms with Crippen LogP contribution in [0.2, 0.25) is 0 Å². The number of allylic oxidation sites excluding steroid dienone is 1. The molecule has 1 aromatic rings. The van der Waals surface area contributed by atoms with E-state index in [0.29, 0.717) is 12.0 Å². The molecule has 0 fully saturated rings. The summed E-state index contributed by atoms with van der Waals surface area (Å²) in [6, 6.07) is 4.00. The molecule has 1 N–H and O–H groups in total. The van der Waals surface area contributed by atoms with E-state index in [-0.39, 0.29) is 6.04 Å². The number of hydrogen-bond donors (Lipinski definition) is 1. The minimum atomic E-state index is -0.516. The number of halogens is 2. The van der Waals surface area contributed by atoms with E-state index in [2.05, 4.69) is 11.4 Å². The van der Waals surface area contributed by atoms with Crippen LogP contribution in [0.25, 0.3) is 0 Å². The number of rotatable bonds is 4. The van der Waals surface area contributed by atoms with Crippen LogP contribution in [0.3, 0.4) is 0 Å². The lowest BCUT2D eigenvalue weighted by atomic mass is 9.91. The van der Waals surface area contributed by atoms with Gasteiger partial charge in [0.25, 0.3) is 0 Å². The molecule has 110 valence electrons. The van der Waals surface area contributed by atoms with E-state index in [0.717, 1.165) is 18.9 Å². The third-order valence-corrected chi connectivity index (χ3v) is 4.06. The van der Waals surface area contributed by atoms with Gasteiger partial charge in [-0.15, -0.1) is 0 Å². The lowest BCUT2D eigenvalue weighted by molar-refractivity contribution is 0.534. The van der Waals surface area contributed by atoms with Crippen LogP contribution in [0.15, 0.2) is 29.8 Å². The Morgan fingerprint density at radius 3 is 2.70 bits per heavy atom. The van der Waals surface area contributed by atoms with Crippen LogP contribution in [0.5, 0.6) is 0 Å². The highest BCUT2D eigenvalue weighted by atomic mass is 19.1. The standard InChI is InChI=1S/C17H23F2N/c1-20-17(13-7-5-3-2-4-6-8-13)11-14-9-10-15(18)12-16(14)19/h7,9-10,12,17,20H,2-6,8,11H2,1H3/b13-7+. The molecule has 20 heavy (non-hydrogen) atoms. The number of hydrogen-bond acceptors (Lipinski definition) is 1. The number of likely N-dealkylation sites (N-methyl/N-ethyl adjacent to an activating group) is 1. The van der Waals surface area contributed by atoms with Gasteiger partial charge < -0.3 is 5.32 Å². The summed E-state index contributed by atoms with van der Waals surface area (Å²) in [5.41, 5.74) is 1.95. The molecule has 0 spiro atoms. The highest BCUT2D eigenvalue weighted by Crippen LogP contribution is 2.22. The van der Waals surface area contributed by atoms with Gasteiger partial charge in [-0.25, -0.2) is 8.78 Å². The minimum Gasteiger partial charge on any atom is -0.313 e. The third-order valence-electron chi connectivity index (χ3n) is 4.06. The molecule has 1 nitrogen and oxygen atoms in total. The molecule has 0 aromatic heterocycles. The Hall–Kier alpha value is -1.22. The Balaban J connectivity index is 2.11. The molecular weight excluding hydrogens is 256 g/mol. The monoisotopic (exact) mass is 279 g/mol. The predicted octanol–water partition coefficient (Wildman–Crippen LogP) is 4.38. The fraction of sp³-hybridized carbons (Fsp3) is 0.529. The molecule has 0 bridgehead atoms. The van der Waals surface area contributed by atoms with Gasteiger partial charge in [0.2, 0.25) is 0 Å². The molecule has 0 amide bonds. The lowest BCUT2D eigenvalue weighted by Crippen LogP contribution is -2.30. The normalized spacial score (nSPS) is 20.6. The Bertz CT molecular complexity index is 468. The Kier molecular flexibility index (Phi) is 5.72. The van der Waals surface area contributed by atoms with Gasteiger partial charge in [0.05, 0.1) is 0 Å². The van der Waals surface area contributed by atoms with E-state index in [1.165, 1.54) is 37.3 Å². The third kappa shape index (κ3) is 4.14. The lowest BCUT2D eigenvalue weighted by Gasteiger charge is -2.22. The molecule has 1 aliphatic carbocycles. The molecule has 0 heterocycles. The molecule has 0 saturated heterocycles. The van der Waals surface area contributed by atoms with Crippen LogP contribution in [-0.2, 0) is 6.42 Å². The highest BCUT2D eigenvalue weighted by Gasteiger charge is 2.16. The van der Waals surface area contributed by atoms with Crippen molar-refractivity contribution in [3.05, 3.63) is 47.0 Å². The summed E-state index contributed by atoms with van der Waals surface area (Å²) in [4.78, 5) is 0. The quantitative estimate of drug-likeness (QED) is 0.807. The highest BCUT2D eigenvalue weighted by molar-refractivity contribution is 5.23. The Morgan fingerprint density at radius 1 is 1.15 bits per heavy atom. The molecule has 1 aromatic carbocycles. The van der Waals surface area contributed by atoms with Gasteiger partial charge in [0.1, 0.15) is 11.6 Å². The average molecular weight is 279 g/mol. The molecule has 0 radical (unpaired) electrons. The van der Waals surface area contributed by atoms with Crippen molar-refractivity contribution in [1.29, 1.82) is 0 Å². The van der Waals surface area contributed by atoms with E-state index in [1.807, 2.05) is 7.05 Å². The van der Waals surface area contributed by atoms with Crippen LogP contribution < -0.4 is 5.32 Å². The molecule has 3 heteroatoms. The molecule has 1 atom stereocenters. The second-order valence-corrected chi connectivity index (χ2v) is 5.51. The SMILES string of the molecule is CNC(Cc1ccc(F)cc1F)/C1=C/CCCCCC1. The van der Waals surface area contributed by atoms with Gasteiger partial charge in [0.15, 0.2) is 0 Å².